The molecule has 0 saturated heterocycles. The summed E-state index contributed by atoms with van der Waals surface area (Å²) < 4.78 is 32.7. The molecule has 1 atom stereocenters. The number of furan rings is 1. The molecule has 5 heteroatoms. The molecule has 0 aliphatic heterocycles. The van der Waals surface area contributed by atoms with E-state index in [0.717, 1.165) is 10.9 Å². The van der Waals surface area contributed by atoms with Crippen molar-refractivity contribution >= 4 is 26.9 Å². The molecular weight excluding hydrogens is 340 g/mol. The van der Waals surface area contributed by atoms with Crippen LogP contribution in [0.5, 0.6) is 0 Å². The van der Waals surface area contributed by atoms with Crippen molar-refractivity contribution in [1.29, 1.82) is 0 Å². The summed E-state index contributed by atoms with van der Waals surface area (Å²) in [4.78, 5) is 0. The Morgan fingerprint density at radius 1 is 1.10 bits per heavy atom. The summed E-state index contributed by atoms with van der Waals surface area (Å²) in [6, 6.07) is 8.13. The standard InChI is InChI=1S/C16H12BrF2NO/c1-8-11-4-2-10(19)7-14(11)21-16(8)15(20)12-5-3-9(18)6-13(12)17/h2-7,15H,20H2,1H3. The van der Waals surface area contributed by atoms with Gasteiger partial charge in [-0.2, -0.15) is 0 Å². The fourth-order valence-electron chi connectivity index (χ4n) is 2.41. The van der Waals surface area contributed by atoms with Gasteiger partial charge in [0, 0.05) is 21.5 Å². The molecule has 0 spiro atoms. The van der Waals surface area contributed by atoms with E-state index in [9.17, 15) is 8.78 Å². The van der Waals surface area contributed by atoms with Crippen LogP contribution in [0.4, 0.5) is 8.78 Å². The maximum Gasteiger partial charge on any atom is 0.137 e. The van der Waals surface area contributed by atoms with Gasteiger partial charge in [-0.1, -0.05) is 22.0 Å². The van der Waals surface area contributed by atoms with Crippen molar-refractivity contribution in [3.05, 3.63) is 69.4 Å². The topological polar surface area (TPSA) is 39.2 Å². The number of benzene rings is 2. The molecule has 0 saturated carbocycles. The lowest BCUT2D eigenvalue weighted by molar-refractivity contribution is 0.517. The van der Waals surface area contributed by atoms with Crippen LogP contribution in [0.15, 0.2) is 45.3 Å². The third-order valence-corrected chi connectivity index (χ3v) is 4.20. The van der Waals surface area contributed by atoms with Crippen molar-refractivity contribution in [3.8, 4) is 0 Å². The zero-order valence-corrected chi connectivity index (χ0v) is 12.7. The van der Waals surface area contributed by atoms with E-state index in [2.05, 4.69) is 15.9 Å². The van der Waals surface area contributed by atoms with Gasteiger partial charge in [-0.15, -0.1) is 0 Å². The number of hydrogen-bond donors (Lipinski definition) is 1. The predicted octanol–water partition coefficient (Wildman–Crippen LogP) is 4.83. The normalized spacial score (nSPS) is 12.8. The first-order valence-corrected chi connectivity index (χ1v) is 7.15. The van der Waals surface area contributed by atoms with Gasteiger partial charge in [0.2, 0.25) is 0 Å². The Morgan fingerprint density at radius 2 is 1.76 bits per heavy atom. The minimum Gasteiger partial charge on any atom is -0.459 e. The first kappa shape index (κ1) is 14.2. The number of nitrogens with two attached hydrogens (primary N) is 1. The van der Waals surface area contributed by atoms with Crippen molar-refractivity contribution in [2.45, 2.75) is 13.0 Å². The van der Waals surface area contributed by atoms with Crippen LogP contribution < -0.4 is 5.73 Å². The van der Waals surface area contributed by atoms with Crippen LogP contribution in [0.1, 0.15) is 22.9 Å². The Labute approximate surface area is 128 Å². The second kappa shape index (κ2) is 5.24. The number of hydrogen-bond acceptors (Lipinski definition) is 2. The van der Waals surface area contributed by atoms with Gasteiger partial charge in [-0.05, 0) is 36.8 Å². The molecule has 2 nitrogen and oxygen atoms in total. The van der Waals surface area contributed by atoms with Gasteiger partial charge >= 0.3 is 0 Å². The van der Waals surface area contributed by atoms with E-state index in [1.165, 1.54) is 24.3 Å². The predicted molar refractivity (Wildman–Crippen MR) is 81.0 cm³/mol. The highest BCUT2D eigenvalue weighted by molar-refractivity contribution is 9.10. The summed E-state index contributed by atoms with van der Waals surface area (Å²) in [6.07, 6.45) is 0. The Balaban J connectivity index is 2.13. The van der Waals surface area contributed by atoms with Gasteiger partial charge in [0.25, 0.3) is 0 Å². The number of aryl methyl sites for hydroxylation is 1. The van der Waals surface area contributed by atoms with Gasteiger partial charge in [-0.25, -0.2) is 8.78 Å². The Bertz CT molecular complexity index is 829. The molecule has 3 aromatic rings. The van der Waals surface area contributed by atoms with Crippen molar-refractivity contribution < 1.29 is 13.2 Å². The highest BCUT2D eigenvalue weighted by atomic mass is 79.9. The molecule has 0 bridgehead atoms. The molecule has 0 radical (unpaired) electrons. The zero-order valence-electron chi connectivity index (χ0n) is 11.2. The van der Waals surface area contributed by atoms with Crippen LogP contribution in [0.25, 0.3) is 11.0 Å². The van der Waals surface area contributed by atoms with E-state index < -0.39 is 6.04 Å². The van der Waals surface area contributed by atoms with E-state index in [1.807, 2.05) is 6.92 Å². The van der Waals surface area contributed by atoms with E-state index in [1.54, 1.807) is 12.1 Å². The molecule has 3 rings (SSSR count). The lowest BCUT2D eigenvalue weighted by Gasteiger charge is -2.12. The summed E-state index contributed by atoms with van der Waals surface area (Å²) in [6.45, 7) is 1.87. The molecule has 108 valence electrons. The highest BCUT2D eigenvalue weighted by Crippen LogP contribution is 2.34. The SMILES string of the molecule is Cc1c(C(N)c2ccc(F)cc2Br)oc2cc(F)ccc12. The van der Waals surface area contributed by atoms with Crippen molar-refractivity contribution in [2.24, 2.45) is 5.73 Å². The fraction of sp³-hybridized carbons (Fsp3) is 0.125. The smallest absolute Gasteiger partial charge is 0.137 e. The minimum atomic E-state index is -0.560. The molecule has 0 fully saturated rings. The zero-order chi connectivity index (χ0) is 15.1. The highest BCUT2D eigenvalue weighted by Gasteiger charge is 2.21. The average Bonchev–Trinajstić information content (AvgIpc) is 2.75. The molecule has 1 heterocycles. The van der Waals surface area contributed by atoms with Crippen LogP contribution in [0, 0.1) is 18.6 Å². The third-order valence-electron chi connectivity index (χ3n) is 3.52. The molecule has 0 amide bonds. The Kier molecular flexibility index (Phi) is 3.55. The molecule has 1 unspecified atom stereocenters. The number of halogens is 3. The molecule has 21 heavy (non-hydrogen) atoms. The summed E-state index contributed by atoms with van der Waals surface area (Å²) in [7, 11) is 0. The van der Waals surface area contributed by atoms with Crippen LogP contribution in [-0.4, -0.2) is 0 Å². The van der Waals surface area contributed by atoms with Gasteiger partial charge < -0.3 is 10.2 Å². The molecule has 0 aliphatic rings. The monoisotopic (exact) mass is 351 g/mol. The maximum absolute atomic E-state index is 13.3. The Hall–Kier alpha value is -1.72. The van der Waals surface area contributed by atoms with Crippen LogP contribution >= 0.6 is 15.9 Å². The quantitative estimate of drug-likeness (QED) is 0.718. The van der Waals surface area contributed by atoms with E-state index in [-0.39, 0.29) is 11.6 Å². The van der Waals surface area contributed by atoms with E-state index in [0.29, 0.717) is 21.4 Å². The minimum absolute atomic E-state index is 0.346. The van der Waals surface area contributed by atoms with Gasteiger partial charge in [0.05, 0.1) is 6.04 Å². The van der Waals surface area contributed by atoms with Gasteiger partial charge in [0.15, 0.2) is 0 Å². The Morgan fingerprint density at radius 3 is 2.48 bits per heavy atom. The molecular formula is C16H12BrF2NO. The summed E-state index contributed by atoms with van der Waals surface area (Å²) >= 11 is 3.30. The summed E-state index contributed by atoms with van der Waals surface area (Å²) in [5, 5.41) is 0.820. The van der Waals surface area contributed by atoms with Crippen LogP contribution in [-0.2, 0) is 0 Å². The second-order valence-corrected chi connectivity index (χ2v) is 5.73. The van der Waals surface area contributed by atoms with Gasteiger partial charge in [-0.3, -0.25) is 0 Å². The second-order valence-electron chi connectivity index (χ2n) is 4.88. The lowest BCUT2D eigenvalue weighted by atomic mass is 10.0. The average molecular weight is 352 g/mol. The van der Waals surface area contributed by atoms with Gasteiger partial charge in [0.1, 0.15) is 23.0 Å². The molecule has 2 aromatic carbocycles. The first-order valence-electron chi connectivity index (χ1n) is 6.36. The fourth-order valence-corrected chi connectivity index (χ4v) is 3.01. The van der Waals surface area contributed by atoms with E-state index >= 15 is 0 Å². The molecule has 0 aliphatic carbocycles. The summed E-state index contributed by atoms with van der Waals surface area (Å²) in [5.74, 6) is -0.163. The first-order chi connectivity index (χ1) is 9.97. The van der Waals surface area contributed by atoms with Crippen LogP contribution in [0.2, 0.25) is 0 Å². The van der Waals surface area contributed by atoms with Crippen LogP contribution in [0.3, 0.4) is 0 Å². The van der Waals surface area contributed by atoms with Crippen molar-refractivity contribution in [2.75, 3.05) is 0 Å². The van der Waals surface area contributed by atoms with Crippen molar-refractivity contribution in [3.63, 3.8) is 0 Å². The third kappa shape index (κ3) is 2.47. The van der Waals surface area contributed by atoms with E-state index in [4.69, 9.17) is 10.2 Å². The number of rotatable bonds is 2. The van der Waals surface area contributed by atoms with Crippen molar-refractivity contribution in [1.82, 2.24) is 0 Å². The maximum atomic E-state index is 13.3. The number of fused-ring (bicyclic) bond motifs is 1. The molecule has 1 aromatic heterocycles. The lowest BCUT2D eigenvalue weighted by Crippen LogP contribution is -2.12. The summed E-state index contributed by atoms with van der Waals surface area (Å²) in [5.41, 5.74) is 8.25. The largest absolute Gasteiger partial charge is 0.459 e. The molecule has 2 N–H and O–H groups in total.